The first-order valence-corrected chi connectivity index (χ1v) is 7.40. The second-order valence-electron chi connectivity index (χ2n) is 4.63. The molecule has 0 fully saturated rings. The molecule has 0 atom stereocenters. The van der Waals surface area contributed by atoms with E-state index in [4.69, 9.17) is 10.5 Å². The van der Waals surface area contributed by atoms with E-state index in [0.717, 1.165) is 23.1 Å². The Hall–Kier alpha value is -2.40. The number of benzene rings is 2. The molecule has 114 valence electrons. The molecule has 0 spiro atoms. The van der Waals surface area contributed by atoms with E-state index >= 15 is 0 Å². The highest BCUT2D eigenvalue weighted by molar-refractivity contribution is 8.04. The van der Waals surface area contributed by atoms with Crippen molar-refractivity contribution in [3.05, 3.63) is 59.5 Å². The van der Waals surface area contributed by atoms with Crippen molar-refractivity contribution in [3.63, 3.8) is 0 Å². The Bertz CT molecular complexity index is 696. The Morgan fingerprint density at radius 3 is 2.41 bits per heavy atom. The van der Waals surface area contributed by atoms with Crippen LogP contribution in [0.5, 0.6) is 11.5 Å². The second-order valence-corrected chi connectivity index (χ2v) is 5.77. The molecule has 5 heteroatoms. The number of ether oxygens (including phenoxy) is 2. The first-order valence-electron chi connectivity index (χ1n) is 6.58. The number of aryl methyl sites for hydroxylation is 1. The lowest BCUT2D eigenvalue weighted by Crippen LogP contribution is -2.01. The first kappa shape index (κ1) is 16.0. The number of carbonyl (C=O) groups is 1. The van der Waals surface area contributed by atoms with Gasteiger partial charge in [-0.25, -0.2) is 4.79 Å². The third-order valence-corrected chi connectivity index (χ3v) is 3.87. The van der Waals surface area contributed by atoms with Crippen LogP contribution < -0.4 is 10.5 Å². The molecule has 0 aliphatic carbocycles. The van der Waals surface area contributed by atoms with Crippen LogP contribution in [0.25, 0.3) is 0 Å². The molecule has 0 bridgehead atoms. The fraction of sp³-hybridized carbons (Fsp3) is 0.118. The van der Waals surface area contributed by atoms with Gasteiger partial charge in [0, 0.05) is 10.6 Å². The smallest absolute Gasteiger partial charge is 0.344 e. The van der Waals surface area contributed by atoms with Crippen molar-refractivity contribution in [2.45, 2.75) is 11.8 Å². The summed E-state index contributed by atoms with van der Waals surface area (Å²) in [4.78, 5) is 12.4. The van der Waals surface area contributed by atoms with Gasteiger partial charge in [0.15, 0.2) is 0 Å². The van der Waals surface area contributed by atoms with Gasteiger partial charge in [-0.3, -0.25) is 0 Å². The van der Waals surface area contributed by atoms with Crippen molar-refractivity contribution >= 4 is 23.4 Å². The van der Waals surface area contributed by atoms with Gasteiger partial charge in [0.25, 0.3) is 0 Å². The number of methoxy groups -OCH3 is 1. The molecular weight excluding hydrogens is 298 g/mol. The highest BCUT2D eigenvalue weighted by Crippen LogP contribution is 2.35. The van der Waals surface area contributed by atoms with Crippen LogP contribution in [0.4, 0.5) is 5.69 Å². The molecule has 0 saturated heterocycles. The zero-order chi connectivity index (χ0) is 16.1. The van der Waals surface area contributed by atoms with Crippen LogP contribution in [0, 0.1) is 6.92 Å². The molecule has 2 N–H and O–H groups in total. The van der Waals surface area contributed by atoms with Crippen molar-refractivity contribution < 1.29 is 14.3 Å². The maximum Gasteiger partial charge on any atom is 0.344 e. The fourth-order valence-electron chi connectivity index (χ4n) is 1.70. The molecule has 2 aromatic rings. The summed E-state index contributed by atoms with van der Waals surface area (Å²) in [6, 6.07) is 13.0. The summed E-state index contributed by atoms with van der Waals surface area (Å²) in [5, 5.41) is 0. The molecule has 4 nitrogen and oxygen atoms in total. The summed E-state index contributed by atoms with van der Waals surface area (Å²) in [7, 11) is 1.31. The molecule has 0 radical (unpaired) electrons. The summed E-state index contributed by atoms with van der Waals surface area (Å²) in [5.41, 5.74) is 7.63. The number of esters is 1. The van der Waals surface area contributed by atoms with E-state index in [2.05, 4.69) is 11.3 Å². The Kier molecular flexibility index (Phi) is 5.12. The predicted octanol–water partition coefficient (Wildman–Crippen LogP) is 4.15. The molecule has 0 aliphatic heterocycles. The predicted molar refractivity (Wildman–Crippen MR) is 89.1 cm³/mol. The summed E-state index contributed by atoms with van der Waals surface area (Å²) in [5.74, 6) is 0.894. The number of nitrogens with two attached hydrogens (primary N) is 1. The fourth-order valence-corrected chi connectivity index (χ4v) is 2.49. The zero-order valence-electron chi connectivity index (χ0n) is 12.5. The monoisotopic (exact) mass is 315 g/mol. The Balaban J connectivity index is 2.17. The van der Waals surface area contributed by atoms with Gasteiger partial charge in [-0.2, -0.15) is 0 Å². The molecule has 2 rings (SSSR count). The van der Waals surface area contributed by atoms with E-state index in [0.29, 0.717) is 16.3 Å². The quantitative estimate of drug-likeness (QED) is 0.389. The van der Waals surface area contributed by atoms with Crippen LogP contribution in [0.2, 0.25) is 0 Å². The van der Waals surface area contributed by atoms with Crippen LogP contribution in [-0.4, -0.2) is 13.1 Å². The molecule has 2 aromatic carbocycles. The standard InChI is InChI=1S/C17H17NO3S/c1-11-4-6-13(7-5-11)21-14-8-9-15(18)16(10-14)22-12(2)17(19)20-3/h4-10H,2,18H2,1,3H3. The molecule has 0 aromatic heterocycles. The molecule has 0 unspecified atom stereocenters. The third-order valence-electron chi connectivity index (χ3n) is 2.89. The van der Waals surface area contributed by atoms with Crippen molar-refractivity contribution in [1.82, 2.24) is 0 Å². The van der Waals surface area contributed by atoms with Crippen molar-refractivity contribution in [2.24, 2.45) is 0 Å². The van der Waals surface area contributed by atoms with Gasteiger partial charge in [-0.05, 0) is 37.3 Å². The van der Waals surface area contributed by atoms with Crippen LogP contribution in [0.1, 0.15) is 5.56 Å². The van der Waals surface area contributed by atoms with Crippen molar-refractivity contribution in [3.8, 4) is 11.5 Å². The molecule has 0 aliphatic rings. The van der Waals surface area contributed by atoms with Gasteiger partial charge in [0.05, 0.1) is 12.0 Å². The minimum Gasteiger partial charge on any atom is -0.465 e. The lowest BCUT2D eigenvalue weighted by atomic mass is 10.2. The van der Waals surface area contributed by atoms with E-state index in [-0.39, 0.29) is 4.91 Å². The van der Waals surface area contributed by atoms with Crippen LogP contribution in [-0.2, 0) is 9.53 Å². The van der Waals surface area contributed by atoms with Gasteiger partial charge >= 0.3 is 5.97 Å². The van der Waals surface area contributed by atoms with Gasteiger partial charge < -0.3 is 15.2 Å². The number of thioether (sulfide) groups is 1. The minimum absolute atomic E-state index is 0.265. The maximum absolute atomic E-state index is 11.4. The van der Waals surface area contributed by atoms with E-state index < -0.39 is 5.97 Å². The largest absolute Gasteiger partial charge is 0.465 e. The number of carbonyl (C=O) groups excluding carboxylic acids is 1. The molecule has 0 heterocycles. The van der Waals surface area contributed by atoms with E-state index in [9.17, 15) is 4.79 Å². The van der Waals surface area contributed by atoms with Crippen LogP contribution in [0.15, 0.2) is 58.8 Å². The number of hydrogen-bond donors (Lipinski definition) is 1. The number of rotatable bonds is 5. The zero-order valence-corrected chi connectivity index (χ0v) is 13.3. The van der Waals surface area contributed by atoms with Crippen molar-refractivity contribution in [2.75, 3.05) is 12.8 Å². The molecule has 0 saturated carbocycles. The summed E-state index contributed by atoms with van der Waals surface area (Å²) in [6.07, 6.45) is 0. The normalized spacial score (nSPS) is 10.1. The maximum atomic E-state index is 11.4. The molecular formula is C17H17NO3S. The highest BCUT2D eigenvalue weighted by Gasteiger charge is 2.12. The van der Waals surface area contributed by atoms with E-state index in [1.807, 2.05) is 31.2 Å². The van der Waals surface area contributed by atoms with E-state index in [1.54, 1.807) is 18.2 Å². The SMILES string of the molecule is C=C(Sc1cc(Oc2ccc(C)cc2)ccc1N)C(=O)OC. The summed E-state index contributed by atoms with van der Waals surface area (Å²) in [6.45, 7) is 5.69. The lowest BCUT2D eigenvalue weighted by Gasteiger charge is -2.10. The average Bonchev–Trinajstić information content (AvgIpc) is 2.52. The number of nitrogen functional groups attached to an aromatic ring is 1. The minimum atomic E-state index is -0.478. The van der Waals surface area contributed by atoms with Crippen LogP contribution >= 0.6 is 11.8 Å². The molecule has 22 heavy (non-hydrogen) atoms. The Morgan fingerprint density at radius 2 is 1.77 bits per heavy atom. The van der Waals surface area contributed by atoms with Crippen LogP contribution in [0.3, 0.4) is 0 Å². The van der Waals surface area contributed by atoms with E-state index in [1.165, 1.54) is 7.11 Å². The average molecular weight is 315 g/mol. The third kappa shape index (κ3) is 4.05. The summed E-state index contributed by atoms with van der Waals surface area (Å²) >= 11 is 1.16. The highest BCUT2D eigenvalue weighted by atomic mass is 32.2. The second kappa shape index (κ2) is 7.04. The Labute approximate surface area is 133 Å². The van der Waals surface area contributed by atoms with Gasteiger partial charge in [-0.15, -0.1) is 0 Å². The van der Waals surface area contributed by atoms with Gasteiger partial charge in [0.1, 0.15) is 11.5 Å². The lowest BCUT2D eigenvalue weighted by molar-refractivity contribution is -0.135. The number of anilines is 1. The van der Waals surface area contributed by atoms with Crippen molar-refractivity contribution in [1.29, 1.82) is 0 Å². The summed E-state index contributed by atoms with van der Waals surface area (Å²) < 4.78 is 10.4. The van der Waals surface area contributed by atoms with Gasteiger partial charge in [0.2, 0.25) is 0 Å². The number of hydrogen-bond acceptors (Lipinski definition) is 5. The topological polar surface area (TPSA) is 61.5 Å². The first-order chi connectivity index (χ1) is 10.5. The van der Waals surface area contributed by atoms with Gasteiger partial charge in [-0.1, -0.05) is 36.0 Å². The molecule has 0 amide bonds. The Morgan fingerprint density at radius 1 is 1.14 bits per heavy atom.